The highest BCUT2D eigenvalue weighted by molar-refractivity contribution is 9.09. The molecule has 0 saturated heterocycles. The third-order valence-corrected chi connectivity index (χ3v) is 4.10. The smallest absolute Gasteiger partial charge is 0.00931 e. The summed E-state index contributed by atoms with van der Waals surface area (Å²) in [6.45, 7) is 7.01. The van der Waals surface area contributed by atoms with Gasteiger partial charge in [0.1, 0.15) is 0 Å². The molecular weight excluding hydrogens is 176 g/mol. The molecule has 1 fully saturated rings. The molecule has 0 amide bonds. The van der Waals surface area contributed by atoms with Crippen LogP contribution in [-0.2, 0) is 0 Å². The molecule has 0 nitrogen and oxygen atoms in total. The molecule has 0 bridgehead atoms. The molecule has 1 saturated carbocycles. The third-order valence-electron chi connectivity index (χ3n) is 3.02. The van der Waals surface area contributed by atoms with Crippen LogP contribution in [0.2, 0.25) is 0 Å². The van der Waals surface area contributed by atoms with E-state index >= 15 is 0 Å². The van der Waals surface area contributed by atoms with E-state index in [1.54, 1.807) is 0 Å². The normalized spacial score (nSPS) is 38.7. The first kappa shape index (κ1) is 7.59. The second-order valence-electron chi connectivity index (χ2n) is 3.83. The Bertz CT molecular complexity index is 112. The first-order valence-corrected chi connectivity index (χ1v) is 4.76. The number of hydrogen-bond acceptors (Lipinski definition) is 0. The summed E-state index contributed by atoms with van der Waals surface area (Å²) >= 11 is 3.57. The van der Waals surface area contributed by atoms with Gasteiger partial charge in [-0.1, -0.05) is 36.7 Å². The molecule has 1 rings (SSSR count). The minimum atomic E-state index is 0.616. The minimum absolute atomic E-state index is 0.616. The Balaban J connectivity index is 2.57. The molecule has 0 spiro atoms. The predicted molar refractivity (Wildman–Crippen MR) is 44.9 cm³/mol. The van der Waals surface area contributed by atoms with Crippen LogP contribution >= 0.6 is 15.9 Å². The van der Waals surface area contributed by atoms with Crippen molar-refractivity contribution in [1.82, 2.24) is 0 Å². The molecule has 0 aromatic rings. The van der Waals surface area contributed by atoms with Crippen LogP contribution in [0, 0.1) is 10.8 Å². The van der Waals surface area contributed by atoms with Crippen LogP contribution in [0.25, 0.3) is 0 Å². The van der Waals surface area contributed by atoms with E-state index in [1.165, 1.54) is 18.2 Å². The third kappa shape index (κ3) is 0.938. The van der Waals surface area contributed by atoms with Gasteiger partial charge in [0, 0.05) is 5.33 Å². The lowest BCUT2D eigenvalue weighted by molar-refractivity contribution is 0.416. The molecule has 1 heteroatoms. The van der Waals surface area contributed by atoms with Gasteiger partial charge in [0.25, 0.3) is 0 Å². The van der Waals surface area contributed by atoms with E-state index in [1.807, 2.05) is 0 Å². The van der Waals surface area contributed by atoms with Crippen LogP contribution in [0.5, 0.6) is 0 Å². The average Bonchev–Trinajstić information content (AvgIpc) is 2.35. The Morgan fingerprint density at radius 3 is 1.89 bits per heavy atom. The zero-order chi connectivity index (χ0) is 7.12. The van der Waals surface area contributed by atoms with Gasteiger partial charge in [-0.25, -0.2) is 0 Å². The summed E-state index contributed by atoms with van der Waals surface area (Å²) < 4.78 is 0. The van der Waals surface area contributed by atoms with E-state index in [-0.39, 0.29) is 0 Å². The summed E-state index contributed by atoms with van der Waals surface area (Å²) in [6, 6.07) is 0. The highest BCUT2D eigenvalue weighted by atomic mass is 79.9. The van der Waals surface area contributed by atoms with Crippen LogP contribution in [-0.4, -0.2) is 5.33 Å². The largest absolute Gasteiger partial charge is 0.0922 e. The molecule has 54 valence electrons. The zero-order valence-electron chi connectivity index (χ0n) is 6.50. The standard InChI is InChI=1S/C8H15Br/c1-4-8(6-9)5-7(8,2)3/h4-6H2,1-3H3. The van der Waals surface area contributed by atoms with Gasteiger partial charge in [-0.3, -0.25) is 0 Å². The van der Waals surface area contributed by atoms with Crippen LogP contribution in [0.3, 0.4) is 0 Å². The van der Waals surface area contributed by atoms with Gasteiger partial charge >= 0.3 is 0 Å². The monoisotopic (exact) mass is 190 g/mol. The highest BCUT2D eigenvalue weighted by Gasteiger charge is 2.58. The average molecular weight is 191 g/mol. The maximum Gasteiger partial charge on any atom is 0.00931 e. The van der Waals surface area contributed by atoms with Crippen molar-refractivity contribution in [3.8, 4) is 0 Å². The summed E-state index contributed by atoms with van der Waals surface area (Å²) in [5.74, 6) is 0. The van der Waals surface area contributed by atoms with Crippen LogP contribution in [0.1, 0.15) is 33.6 Å². The molecule has 0 aliphatic heterocycles. The summed E-state index contributed by atoms with van der Waals surface area (Å²) in [5.41, 5.74) is 1.26. The van der Waals surface area contributed by atoms with E-state index in [4.69, 9.17) is 0 Å². The lowest BCUT2D eigenvalue weighted by Gasteiger charge is -2.13. The van der Waals surface area contributed by atoms with Gasteiger partial charge in [-0.15, -0.1) is 0 Å². The quantitative estimate of drug-likeness (QED) is 0.588. The Kier molecular flexibility index (Phi) is 1.67. The maximum absolute atomic E-state index is 3.57. The Hall–Kier alpha value is 0.480. The number of rotatable bonds is 2. The molecule has 9 heavy (non-hydrogen) atoms. The molecule has 0 N–H and O–H groups in total. The molecule has 1 aliphatic carbocycles. The van der Waals surface area contributed by atoms with Crippen molar-refractivity contribution in [2.75, 3.05) is 5.33 Å². The fourth-order valence-electron chi connectivity index (χ4n) is 1.73. The van der Waals surface area contributed by atoms with E-state index in [0.29, 0.717) is 10.8 Å². The maximum atomic E-state index is 3.57. The zero-order valence-corrected chi connectivity index (χ0v) is 8.09. The second-order valence-corrected chi connectivity index (χ2v) is 4.39. The molecule has 0 aromatic carbocycles. The minimum Gasteiger partial charge on any atom is -0.0922 e. The molecule has 1 atom stereocenters. The second kappa shape index (κ2) is 1.98. The Labute approximate surface area is 66.2 Å². The van der Waals surface area contributed by atoms with Gasteiger partial charge in [-0.05, 0) is 23.7 Å². The van der Waals surface area contributed by atoms with Gasteiger partial charge in [0.05, 0.1) is 0 Å². The highest BCUT2D eigenvalue weighted by Crippen LogP contribution is 2.66. The predicted octanol–water partition coefficient (Wildman–Crippen LogP) is 3.21. The summed E-state index contributed by atoms with van der Waals surface area (Å²) in [4.78, 5) is 0. The lowest BCUT2D eigenvalue weighted by Crippen LogP contribution is -2.08. The first-order chi connectivity index (χ1) is 4.08. The number of hydrogen-bond donors (Lipinski definition) is 0. The lowest BCUT2D eigenvalue weighted by atomic mass is 9.96. The van der Waals surface area contributed by atoms with Crippen LogP contribution in [0.4, 0.5) is 0 Å². The van der Waals surface area contributed by atoms with Gasteiger partial charge in [-0.2, -0.15) is 0 Å². The van der Waals surface area contributed by atoms with Crippen molar-refractivity contribution < 1.29 is 0 Å². The van der Waals surface area contributed by atoms with Crippen molar-refractivity contribution in [3.05, 3.63) is 0 Å². The molecule has 1 unspecified atom stereocenters. The molecule has 0 heterocycles. The SMILES string of the molecule is CCC1(CBr)CC1(C)C. The van der Waals surface area contributed by atoms with Crippen molar-refractivity contribution in [2.45, 2.75) is 33.6 Å². The topological polar surface area (TPSA) is 0 Å². The fraction of sp³-hybridized carbons (Fsp3) is 1.00. The van der Waals surface area contributed by atoms with Crippen LogP contribution < -0.4 is 0 Å². The summed E-state index contributed by atoms with van der Waals surface area (Å²) in [5, 5.41) is 1.18. The van der Waals surface area contributed by atoms with Crippen molar-refractivity contribution in [2.24, 2.45) is 10.8 Å². The Morgan fingerprint density at radius 2 is 1.89 bits per heavy atom. The van der Waals surface area contributed by atoms with Gasteiger partial charge in [0.15, 0.2) is 0 Å². The van der Waals surface area contributed by atoms with E-state index < -0.39 is 0 Å². The first-order valence-electron chi connectivity index (χ1n) is 3.64. The number of halogens is 1. The van der Waals surface area contributed by atoms with Gasteiger partial charge < -0.3 is 0 Å². The van der Waals surface area contributed by atoms with E-state index in [2.05, 4.69) is 36.7 Å². The van der Waals surface area contributed by atoms with Gasteiger partial charge in [0.2, 0.25) is 0 Å². The molecule has 0 radical (unpaired) electrons. The van der Waals surface area contributed by atoms with E-state index in [9.17, 15) is 0 Å². The molecule has 0 aromatic heterocycles. The van der Waals surface area contributed by atoms with E-state index in [0.717, 1.165) is 0 Å². The fourth-order valence-corrected chi connectivity index (χ4v) is 3.08. The Morgan fingerprint density at radius 1 is 1.44 bits per heavy atom. The summed E-state index contributed by atoms with van der Waals surface area (Å²) in [6.07, 6.45) is 2.73. The van der Waals surface area contributed by atoms with Crippen molar-refractivity contribution in [3.63, 3.8) is 0 Å². The van der Waals surface area contributed by atoms with Crippen LogP contribution in [0.15, 0.2) is 0 Å². The van der Waals surface area contributed by atoms with Crippen molar-refractivity contribution >= 4 is 15.9 Å². The number of alkyl halides is 1. The van der Waals surface area contributed by atoms with Crippen molar-refractivity contribution in [1.29, 1.82) is 0 Å². The molecular formula is C8H15Br. The molecule has 1 aliphatic rings. The summed E-state index contributed by atoms with van der Waals surface area (Å²) in [7, 11) is 0.